The Morgan fingerprint density at radius 3 is 1.26 bits per heavy atom. The topological polar surface area (TPSA) is 78.9 Å². The minimum absolute atomic E-state index is 0.110. The number of rotatable bonds is 40. The van der Waals surface area contributed by atoms with E-state index in [1.165, 1.54) is 44.9 Å². The normalized spacial score (nSPS) is 12.8. The summed E-state index contributed by atoms with van der Waals surface area (Å²) < 4.78 is 16.6. The molecule has 1 atom stereocenters. The summed E-state index contributed by atoms with van der Waals surface area (Å²) in [5.74, 6) is -1.03. The molecule has 0 fully saturated rings. The molecule has 0 heterocycles. The molecule has 0 aliphatic rings. The maximum atomic E-state index is 12.7. The molecule has 0 aromatic heterocycles. The Hall–Kier alpha value is -3.41. The Kier molecular flexibility index (Phi) is 42.6. The van der Waals surface area contributed by atoms with E-state index in [1.54, 1.807) is 0 Å². The van der Waals surface area contributed by atoms with Crippen LogP contribution in [0.2, 0.25) is 0 Å². The van der Waals surface area contributed by atoms with Crippen molar-refractivity contribution in [2.45, 2.75) is 207 Å². The average Bonchev–Trinajstić information content (AvgIpc) is 3.21. The van der Waals surface area contributed by atoms with Crippen LogP contribution < -0.4 is 0 Å². The monoisotopic (exact) mass is 793 g/mol. The summed E-state index contributed by atoms with van der Waals surface area (Å²) >= 11 is 0. The highest BCUT2D eigenvalue weighted by atomic mass is 16.6. The standard InChI is InChI=1S/C51H84O6/c1-4-7-10-13-16-19-22-25-28-31-34-37-40-43-49(52)55-46-48(57-51(54)45-42-39-36-33-30-27-24-21-18-15-12-9-6-3)47-56-50(53)44-41-38-35-32-29-26-23-20-17-14-11-8-5-2/h7,10,12,15-16,19-21,23-25,28,34,37,48H,4-6,8-9,11,13-14,17-18,22,26-27,29-33,35-36,38-47H2,1-3H3/b10-7-,15-12-,19-16-,23-20-,24-21-,28-25-,37-34-. The first-order chi connectivity index (χ1) is 28.0. The zero-order valence-corrected chi connectivity index (χ0v) is 36.8. The Morgan fingerprint density at radius 2 is 0.754 bits per heavy atom. The molecule has 0 radical (unpaired) electrons. The molecule has 6 heteroatoms. The number of allylic oxidation sites excluding steroid dienone is 14. The van der Waals surface area contributed by atoms with Crippen LogP contribution in [0.3, 0.4) is 0 Å². The largest absolute Gasteiger partial charge is 0.462 e. The van der Waals surface area contributed by atoms with E-state index < -0.39 is 6.10 Å². The van der Waals surface area contributed by atoms with E-state index in [0.29, 0.717) is 19.3 Å². The lowest BCUT2D eigenvalue weighted by Gasteiger charge is -2.18. The van der Waals surface area contributed by atoms with E-state index in [1.807, 2.05) is 12.2 Å². The second-order valence-corrected chi connectivity index (χ2v) is 14.9. The van der Waals surface area contributed by atoms with Crippen LogP contribution in [0.5, 0.6) is 0 Å². The van der Waals surface area contributed by atoms with Crippen molar-refractivity contribution < 1.29 is 28.6 Å². The van der Waals surface area contributed by atoms with Gasteiger partial charge in [-0.1, -0.05) is 170 Å². The number of carbonyl (C=O) groups excluding carboxylic acids is 3. The second kappa shape index (κ2) is 45.3. The molecule has 1 unspecified atom stereocenters. The fourth-order valence-corrected chi connectivity index (χ4v) is 5.90. The van der Waals surface area contributed by atoms with Gasteiger partial charge in [-0.15, -0.1) is 0 Å². The lowest BCUT2D eigenvalue weighted by Crippen LogP contribution is -2.30. The number of hydrogen-bond acceptors (Lipinski definition) is 6. The van der Waals surface area contributed by atoms with Gasteiger partial charge < -0.3 is 14.2 Å². The van der Waals surface area contributed by atoms with Gasteiger partial charge in [0.25, 0.3) is 0 Å². The number of esters is 3. The van der Waals surface area contributed by atoms with Crippen LogP contribution in [0.4, 0.5) is 0 Å². The fraction of sp³-hybridized carbons (Fsp3) is 0.667. The first kappa shape index (κ1) is 53.6. The lowest BCUT2D eigenvalue weighted by atomic mass is 10.1. The molecule has 6 nitrogen and oxygen atoms in total. The maximum Gasteiger partial charge on any atom is 0.306 e. The van der Waals surface area contributed by atoms with Gasteiger partial charge in [-0.3, -0.25) is 14.4 Å². The molecular formula is C51H84O6. The smallest absolute Gasteiger partial charge is 0.306 e. The van der Waals surface area contributed by atoms with Crippen molar-refractivity contribution in [3.63, 3.8) is 0 Å². The summed E-state index contributed by atoms with van der Waals surface area (Å²) in [5, 5.41) is 0. The van der Waals surface area contributed by atoms with Crippen molar-refractivity contribution in [2.75, 3.05) is 13.2 Å². The third-order valence-corrected chi connectivity index (χ3v) is 9.35. The minimum atomic E-state index is -0.814. The van der Waals surface area contributed by atoms with Gasteiger partial charge in [0, 0.05) is 19.3 Å². The zero-order chi connectivity index (χ0) is 41.5. The van der Waals surface area contributed by atoms with Crippen LogP contribution >= 0.6 is 0 Å². The van der Waals surface area contributed by atoms with Crippen molar-refractivity contribution in [3.8, 4) is 0 Å². The van der Waals surface area contributed by atoms with E-state index in [-0.39, 0.29) is 37.5 Å². The first-order valence-electron chi connectivity index (χ1n) is 23.1. The summed E-state index contributed by atoms with van der Waals surface area (Å²) in [4.78, 5) is 37.7. The number of ether oxygens (including phenoxy) is 3. The predicted molar refractivity (Wildman–Crippen MR) is 242 cm³/mol. The van der Waals surface area contributed by atoms with Gasteiger partial charge in [0.2, 0.25) is 0 Å². The highest BCUT2D eigenvalue weighted by Crippen LogP contribution is 2.12. The molecule has 0 aromatic carbocycles. The quantitative estimate of drug-likeness (QED) is 0.0266. The van der Waals surface area contributed by atoms with Gasteiger partial charge in [0.05, 0.1) is 0 Å². The van der Waals surface area contributed by atoms with Crippen LogP contribution in [-0.2, 0) is 28.6 Å². The summed E-state index contributed by atoms with van der Waals surface area (Å²) in [6.07, 6.45) is 57.2. The summed E-state index contributed by atoms with van der Waals surface area (Å²) in [7, 11) is 0. The molecule has 0 rings (SSSR count). The molecule has 0 saturated carbocycles. The van der Waals surface area contributed by atoms with Crippen LogP contribution in [-0.4, -0.2) is 37.2 Å². The van der Waals surface area contributed by atoms with E-state index >= 15 is 0 Å². The van der Waals surface area contributed by atoms with E-state index in [4.69, 9.17) is 14.2 Å². The molecule has 0 aliphatic carbocycles. The van der Waals surface area contributed by atoms with Gasteiger partial charge in [-0.2, -0.15) is 0 Å². The fourth-order valence-electron chi connectivity index (χ4n) is 5.90. The molecule has 0 spiro atoms. The lowest BCUT2D eigenvalue weighted by molar-refractivity contribution is -0.166. The van der Waals surface area contributed by atoms with Gasteiger partial charge in [0.15, 0.2) is 6.10 Å². The SMILES string of the molecule is CC/C=C\C/C=C\C/C=C\C/C=C\CCC(=O)OCC(COC(=O)CCCCCCC/C=C\CCCCCC)OC(=O)CCCCCCC/C=C\C/C=C\CCC. The molecule has 324 valence electrons. The van der Waals surface area contributed by atoms with E-state index in [0.717, 1.165) is 109 Å². The highest BCUT2D eigenvalue weighted by Gasteiger charge is 2.19. The first-order valence-corrected chi connectivity index (χ1v) is 23.1. The molecular weight excluding hydrogens is 709 g/mol. The summed E-state index contributed by atoms with van der Waals surface area (Å²) in [6, 6.07) is 0. The van der Waals surface area contributed by atoms with Crippen molar-refractivity contribution in [2.24, 2.45) is 0 Å². The Morgan fingerprint density at radius 1 is 0.368 bits per heavy atom. The predicted octanol–water partition coefficient (Wildman–Crippen LogP) is 14.9. The Labute approximate surface area is 350 Å². The van der Waals surface area contributed by atoms with Crippen LogP contribution in [0.25, 0.3) is 0 Å². The Balaban J connectivity index is 4.53. The van der Waals surface area contributed by atoms with Gasteiger partial charge in [-0.25, -0.2) is 0 Å². The van der Waals surface area contributed by atoms with Gasteiger partial charge in [0.1, 0.15) is 13.2 Å². The second-order valence-electron chi connectivity index (χ2n) is 14.9. The molecule has 0 aromatic rings. The number of unbranched alkanes of at least 4 members (excludes halogenated alkanes) is 15. The molecule has 0 N–H and O–H groups in total. The van der Waals surface area contributed by atoms with E-state index in [2.05, 4.69) is 93.7 Å². The van der Waals surface area contributed by atoms with Crippen LogP contribution in [0.1, 0.15) is 201 Å². The maximum absolute atomic E-state index is 12.7. The minimum Gasteiger partial charge on any atom is -0.462 e. The summed E-state index contributed by atoms with van der Waals surface area (Å²) in [5.41, 5.74) is 0. The molecule has 0 bridgehead atoms. The van der Waals surface area contributed by atoms with Crippen molar-refractivity contribution in [3.05, 3.63) is 85.1 Å². The van der Waals surface area contributed by atoms with Crippen molar-refractivity contribution in [1.29, 1.82) is 0 Å². The molecule has 0 amide bonds. The third kappa shape index (κ3) is 43.6. The molecule has 0 saturated heterocycles. The molecule has 57 heavy (non-hydrogen) atoms. The molecule has 0 aliphatic heterocycles. The van der Waals surface area contributed by atoms with Gasteiger partial charge >= 0.3 is 17.9 Å². The highest BCUT2D eigenvalue weighted by molar-refractivity contribution is 5.71. The third-order valence-electron chi connectivity index (χ3n) is 9.35. The van der Waals surface area contributed by atoms with Crippen LogP contribution in [0, 0.1) is 0 Å². The average molecular weight is 793 g/mol. The van der Waals surface area contributed by atoms with Crippen molar-refractivity contribution >= 4 is 17.9 Å². The zero-order valence-electron chi connectivity index (χ0n) is 36.8. The summed E-state index contributed by atoms with van der Waals surface area (Å²) in [6.45, 7) is 6.33. The van der Waals surface area contributed by atoms with Gasteiger partial charge in [-0.05, 0) is 96.3 Å². The van der Waals surface area contributed by atoms with Crippen LogP contribution in [0.15, 0.2) is 85.1 Å². The number of carbonyl (C=O) groups is 3. The van der Waals surface area contributed by atoms with Crippen molar-refractivity contribution in [1.82, 2.24) is 0 Å². The number of hydrogen-bond donors (Lipinski definition) is 0. The van der Waals surface area contributed by atoms with E-state index in [9.17, 15) is 14.4 Å². The Bertz CT molecular complexity index is 1140.